The zero-order valence-corrected chi connectivity index (χ0v) is 17.8. The van der Waals surface area contributed by atoms with Crippen LogP contribution in [0.5, 0.6) is 11.5 Å². The number of hydrogen-bond acceptors (Lipinski definition) is 7. The van der Waals surface area contributed by atoms with Crippen molar-refractivity contribution in [3.8, 4) is 17.6 Å². The Balaban J connectivity index is 2.33. The van der Waals surface area contributed by atoms with E-state index in [-0.39, 0.29) is 35.1 Å². The number of anilines is 1. The van der Waals surface area contributed by atoms with E-state index in [0.29, 0.717) is 16.6 Å². The van der Waals surface area contributed by atoms with E-state index in [1.54, 1.807) is 19.1 Å². The maximum Gasteiger partial charge on any atom is 0.271 e. The van der Waals surface area contributed by atoms with Crippen molar-refractivity contribution >= 4 is 45.2 Å². The molecule has 2 rings (SSSR count). The number of benzene rings is 2. The fraction of sp³-hybridized carbons (Fsp3) is 0.150. The van der Waals surface area contributed by atoms with Crippen LogP contribution in [0.4, 0.5) is 11.4 Å². The summed E-state index contributed by atoms with van der Waals surface area (Å²) in [6, 6.07) is 10.2. The fourth-order valence-corrected chi connectivity index (χ4v) is 3.00. The van der Waals surface area contributed by atoms with Gasteiger partial charge in [-0.3, -0.25) is 19.7 Å². The molecule has 10 nitrogen and oxygen atoms in total. The smallest absolute Gasteiger partial charge is 0.271 e. The molecule has 0 saturated heterocycles. The molecule has 0 aliphatic heterocycles. The molecule has 160 valence electrons. The lowest BCUT2D eigenvalue weighted by Crippen LogP contribution is -2.20. The highest BCUT2D eigenvalue weighted by Gasteiger charge is 2.16. The Labute approximate surface area is 185 Å². The Hall–Kier alpha value is -3.91. The van der Waals surface area contributed by atoms with Gasteiger partial charge >= 0.3 is 0 Å². The van der Waals surface area contributed by atoms with Gasteiger partial charge in [0, 0.05) is 17.8 Å². The molecule has 2 aromatic rings. The second-order valence-electron chi connectivity index (χ2n) is 5.95. The molecule has 2 amide bonds. The van der Waals surface area contributed by atoms with Gasteiger partial charge in [-0.1, -0.05) is 6.07 Å². The average Bonchev–Trinajstić information content (AvgIpc) is 2.71. The minimum Gasteiger partial charge on any atom is -0.490 e. The molecule has 0 bridgehead atoms. The van der Waals surface area contributed by atoms with Crippen LogP contribution >= 0.6 is 15.9 Å². The van der Waals surface area contributed by atoms with Crippen molar-refractivity contribution in [3.63, 3.8) is 0 Å². The number of nitrogens with zero attached hydrogens (tertiary/aromatic N) is 2. The third kappa shape index (κ3) is 6.55. The first-order valence-corrected chi connectivity index (χ1v) is 9.59. The number of halogens is 1. The summed E-state index contributed by atoms with van der Waals surface area (Å²) in [5.41, 5.74) is 5.27. The van der Waals surface area contributed by atoms with Gasteiger partial charge in [-0.15, -0.1) is 0 Å². The number of primary amides is 1. The van der Waals surface area contributed by atoms with Crippen molar-refractivity contribution in [3.05, 3.63) is 62.1 Å². The van der Waals surface area contributed by atoms with Crippen LogP contribution in [0.25, 0.3) is 6.08 Å². The number of nitro benzene ring substituents is 1. The van der Waals surface area contributed by atoms with E-state index >= 15 is 0 Å². The highest BCUT2D eigenvalue weighted by atomic mass is 79.9. The molecule has 11 heteroatoms. The summed E-state index contributed by atoms with van der Waals surface area (Å²) in [6.45, 7) is 1.69. The summed E-state index contributed by atoms with van der Waals surface area (Å²) in [5, 5.41) is 22.7. The van der Waals surface area contributed by atoms with Crippen LogP contribution in [0.3, 0.4) is 0 Å². The van der Waals surface area contributed by atoms with Gasteiger partial charge in [0.15, 0.2) is 18.1 Å². The summed E-state index contributed by atoms with van der Waals surface area (Å²) in [7, 11) is 0. The summed E-state index contributed by atoms with van der Waals surface area (Å²) < 4.78 is 11.3. The number of ether oxygens (including phenoxy) is 2. The Morgan fingerprint density at radius 2 is 2.06 bits per heavy atom. The van der Waals surface area contributed by atoms with Gasteiger partial charge in [-0.05, 0) is 52.7 Å². The van der Waals surface area contributed by atoms with E-state index in [1.165, 1.54) is 36.4 Å². The average molecular weight is 489 g/mol. The zero-order valence-electron chi connectivity index (χ0n) is 16.3. The molecule has 0 aliphatic carbocycles. The molecule has 0 heterocycles. The lowest BCUT2D eigenvalue weighted by atomic mass is 10.1. The van der Waals surface area contributed by atoms with Crippen molar-refractivity contribution in [2.24, 2.45) is 5.73 Å². The van der Waals surface area contributed by atoms with Gasteiger partial charge in [0.1, 0.15) is 11.6 Å². The van der Waals surface area contributed by atoms with Crippen LogP contribution in [0.1, 0.15) is 12.5 Å². The fourth-order valence-electron chi connectivity index (χ4n) is 2.43. The zero-order chi connectivity index (χ0) is 23.0. The van der Waals surface area contributed by atoms with Gasteiger partial charge in [-0.2, -0.15) is 5.26 Å². The number of nitro groups is 1. The van der Waals surface area contributed by atoms with Gasteiger partial charge < -0.3 is 20.5 Å². The minimum atomic E-state index is -0.744. The maximum atomic E-state index is 12.5. The van der Waals surface area contributed by atoms with Crippen molar-refractivity contribution in [2.45, 2.75) is 6.92 Å². The summed E-state index contributed by atoms with van der Waals surface area (Å²) in [6.07, 6.45) is 1.32. The third-order valence-electron chi connectivity index (χ3n) is 3.68. The largest absolute Gasteiger partial charge is 0.490 e. The Kier molecular flexibility index (Phi) is 8.10. The second kappa shape index (κ2) is 10.7. The van der Waals surface area contributed by atoms with Gasteiger partial charge in [0.05, 0.1) is 16.0 Å². The van der Waals surface area contributed by atoms with E-state index in [0.717, 1.165) is 0 Å². The predicted octanol–water partition coefficient (Wildman–Crippen LogP) is 3.17. The lowest BCUT2D eigenvalue weighted by Gasteiger charge is -2.14. The lowest BCUT2D eigenvalue weighted by molar-refractivity contribution is -0.384. The number of nitriles is 1. The van der Waals surface area contributed by atoms with Crippen molar-refractivity contribution < 1.29 is 24.0 Å². The molecule has 3 N–H and O–H groups in total. The number of carbonyl (C=O) groups is 2. The van der Waals surface area contributed by atoms with E-state index < -0.39 is 16.7 Å². The van der Waals surface area contributed by atoms with Crippen molar-refractivity contribution in [1.29, 1.82) is 5.26 Å². The SMILES string of the molecule is CCOc1cc(/C=C(\C#N)C(=O)Nc2cccc([N+](=O)[O-])c2)cc(Br)c1OCC(N)=O. The topological polar surface area (TPSA) is 158 Å². The monoisotopic (exact) mass is 488 g/mol. The van der Waals surface area contributed by atoms with Crippen LogP contribution in [-0.2, 0) is 9.59 Å². The number of amides is 2. The number of hydrogen-bond donors (Lipinski definition) is 2. The number of non-ortho nitro benzene ring substituents is 1. The highest BCUT2D eigenvalue weighted by Crippen LogP contribution is 2.37. The predicted molar refractivity (Wildman–Crippen MR) is 115 cm³/mol. The van der Waals surface area contributed by atoms with Crippen LogP contribution in [0, 0.1) is 21.4 Å². The molecule has 31 heavy (non-hydrogen) atoms. The van der Waals surface area contributed by atoms with Crippen molar-refractivity contribution in [1.82, 2.24) is 0 Å². The third-order valence-corrected chi connectivity index (χ3v) is 4.27. The quantitative estimate of drug-likeness (QED) is 0.237. The normalized spacial score (nSPS) is 10.7. The molecule has 0 aromatic heterocycles. The van der Waals surface area contributed by atoms with E-state index in [9.17, 15) is 25.0 Å². The highest BCUT2D eigenvalue weighted by molar-refractivity contribution is 9.10. The van der Waals surface area contributed by atoms with Gasteiger partial charge in [-0.25, -0.2) is 0 Å². The first kappa shape index (κ1) is 23.4. The van der Waals surface area contributed by atoms with E-state index in [4.69, 9.17) is 15.2 Å². The molecule has 0 aliphatic rings. The summed E-state index contributed by atoms with van der Waals surface area (Å²) >= 11 is 3.31. The first-order chi connectivity index (χ1) is 14.7. The van der Waals surface area contributed by atoms with Gasteiger partial charge in [0.25, 0.3) is 17.5 Å². The maximum absolute atomic E-state index is 12.5. The Morgan fingerprint density at radius 3 is 2.68 bits per heavy atom. The molecule has 0 saturated carbocycles. The standard InChI is InChI=1S/C20H17BrN4O6/c1-2-30-17-8-12(7-16(21)19(17)31-11-18(23)26)6-13(10-22)20(27)24-14-4-3-5-15(9-14)25(28)29/h3-9H,2,11H2,1H3,(H2,23,26)(H,24,27)/b13-6+. The molecule has 0 unspecified atom stereocenters. The van der Waals surface area contributed by atoms with Crippen LogP contribution in [0.2, 0.25) is 0 Å². The van der Waals surface area contributed by atoms with Crippen LogP contribution in [-0.4, -0.2) is 30.0 Å². The van der Waals surface area contributed by atoms with E-state index in [2.05, 4.69) is 21.2 Å². The van der Waals surface area contributed by atoms with Gasteiger partial charge in [0.2, 0.25) is 0 Å². The Morgan fingerprint density at radius 1 is 1.32 bits per heavy atom. The molecule has 2 aromatic carbocycles. The Bertz CT molecular complexity index is 1090. The molecule has 0 fully saturated rings. The number of nitrogens with one attached hydrogen (secondary N) is 1. The van der Waals surface area contributed by atoms with Crippen molar-refractivity contribution in [2.75, 3.05) is 18.5 Å². The molecule has 0 radical (unpaired) electrons. The van der Waals surface area contributed by atoms with Crippen LogP contribution < -0.4 is 20.5 Å². The second-order valence-corrected chi connectivity index (χ2v) is 6.80. The first-order valence-electron chi connectivity index (χ1n) is 8.80. The molecular formula is C20H17BrN4O6. The van der Waals surface area contributed by atoms with E-state index in [1.807, 2.05) is 0 Å². The number of nitrogens with two attached hydrogens (primary N) is 1. The number of carbonyl (C=O) groups excluding carboxylic acids is 2. The van der Waals surface area contributed by atoms with Crippen LogP contribution in [0.15, 0.2) is 46.4 Å². The molecule has 0 spiro atoms. The summed E-state index contributed by atoms with van der Waals surface area (Å²) in [5.74, 6) is -0.882. The molecule has 0 atom stereocenters. The summed E-state index contributed by atoms with van der Waals surface area (Å²) in [4.78, 5) is 33.8. The molecular weight excluding hydrogens is 472 g/mol. The minimum absolute atomic E-state index is 0.173. The number of rotatable bonds is 9.